The Bertz CT molecular complexity index is 930. The monoisotopic (exact) mass is 360 g/mol. The normalized spacial score (nSPS) is 13.2. The van der Waals surface area contributed by atoms with Gasteiger partial charge in [-0.15, -0.1) is 0 Å². The van der Waals surface area contributed by atoms with E-state index < -0.39 is 17.6 Å². The highest BCUT2D eigenvalue weighted by atomic mass is 19.4. The van der Waals surface area contributed by atoms with Crippen molar-refractivity contribution in [3.8, 4) is 17.6 Å². The molecule has 3 rings (SSSR count). The summed E-state index contributed by atoms with van der Waals surface area (Å²) < 4.78 is 48.6. The van der Waals surface area contributed by atoms with Crippen LogP contribution < -0.4 is 14.8 Å². The van der Waals surface area contributed by atoms with E-state index in [4.69, 9.17) is 9.47 Å². The lowest BCUT2D eigenvalue weighted by atomic mass is 10.1. The summed E-state index contributed by atoms with van der Waals surface area (Å²) in [6.45, 7) is 0.0869. The highest BCUT2D eigenvalue weighted by molar-refractivity contribution is 6.09. The minimum Gasteiger partial charge on any atom is -0.454 e. The molecule has 1 aliphatic heterocycles. The van der Waals surface area contributed by atoms with Gasteiger partial charge in [-0.2, -0.15) is 18.4 Å². The summed E-state index contributed by atoms with van der Waals surface area (Å²) in [6.07, 6.45) is -3.22. The lowest BCUT2D eigenvalue weighted by Gasteiger charge is -2.09. The molecule has 0 aromatic heterocycles. The Balaban J connectivity index is 1.81. The van der Waals surface area contributed by atoms with Gasteiger partial charge in [-0.25, -0.2) is 0 Å². The van der Waals surface area contributed by atoms with E-state index in [0.717, 1.165) is 12.1 Å². The molecule has 0 fully saturated rings. The molecule has 0 aliphatic carbocycles. The number of ether oxygens (including phenoxy) is 2. The van der Waals surface area contributed by atoms with E-state index in [1.807, 2.05) is 0 Å². The maximum absolute atomic E-state index is 12.7. The fraction of sp³-hybridized carbons (Fsp3) is 0.111. The number of alkyl halides is 3. The average Bonchev–Trinajstić information content (AvgIpc) is 3.06. The van der Waals surface area contributed by atoms with Crippen molar-refractivity contribution in [2.45, 2.75) is 6.18 Å². The van der Waals surface area contributed by atoms with Gasteiger partial charge in [0.15, 0.2) is 11.5 Å². The zero-order chi connectivity index (χ0) is 18.7. The van der Waals surface area contributed by atoms with E-state index in [-0.39, 0.29) is 18.1 Å². The number of carbonyl (C=O) groups excluding carboxylic acids is 1. The molecular weight excluding hydrogens is 349 g/mol. The van der Waals surface area contributed by atoms with Crippen LogP contribution in [0.1, 0.15) is 11.1 Å². The minimum atomic E-state index is -4.53. The van der Waals surface area contributed by atoms with Crippen LogP contribution in [0.5, 0.6) is 11.5 Å². The van der Waals surface area contributed by atoms with E-state index in [1.165, 1.54) is 18.2 Å². The van der Waals surface area contributed by atoms with Crippen LogP contribution in [0.25, 0.3) is 6.08 Å². The number of nitrogens with one attached hydrogen (secondary N) is 1. The van der Waals surface area contributed by atoms with Crippen LogP contribution in [0.15, 0.2) is 48.0 Å². The second-order valence-corrected chi connectivity index (χ2v) is 5.32. The Morgan fingerprint density at radius 3 is 2.65 bits per heavy atom. The van der Waals surface area contributed by atoms with Crippen LogP contribution in [0.4, 0.5) is 18.9 Å². The highest BCUT2D eigenvalue weighted by Gasteiger charge is 2.30. The number of carbonyl (C=O) groups is 1. The molecule has 2 aromatic carbocycles. The predicted molar refractivity (Wildman–Crippen MR) is 86.2 cm³/mol. The number of hydrogen-bond acceptors (Lipinski definition) is 4. The number of nitrogens with zero attached hydrogens (tertiary/aromatic N) is 1. The summed E-state index contributed by atoms with van der Waals surface area (Å²) in [6, 6.07) is 10.8. The molecule has 1 amide bonds. The number of anilines is 1. The molecule has 0 bridgehead atoms. The molecule has 0 radical (unpaired) electrons. The smallest absolute Gasteiger partial charge is 0.416 e. The third-order valence-corrected chi connectivity index (χ3v) is 3.52. The summed E-state index contributed by atoms with van der Waals surface area (Å²) in [5.41, 5.74) is -0.698. The molecule has 0 saturated carbocycles. The van der Waals surface area contributed by atoms with Crippen molar-refractivity contribution in [2.75, 3.05) is 12.1 Å². The van der Waals surface area contributed by atoms with E-state index in [0.29, 0.717) is 17.1 Å². The number of nitriles is 1. The molecule has 26 heavy (non-hydrogen) atoms. The van der Waals surface area contributed by atoms with Crippen molar-refractivity contribution < 1.29 is 27.4 Å². The van der Waals surface area contributed by atoms with E-state index in [9.17, 15) is 23.2 Å². The topological polar surface area (TPSA) is 71.3 Å². The first-order valence-corrected chi connectivity index (χ1v) is 7.37. The number of fused-ring (bicyclic) bond motifs is 1. The van der Waals surface area contributed by atoms with Crippen LogP contribution >= 0.6 is 0 Å². The molecule has 0 unspecified atom stereocenters. The fourth-order valence-corrected chi connectivity index (χ4v) is 2.29. The molecule has 2 aromatic rings. The second kappa shape index (κ2) is 6.80. The van der Waals surface area contributed by atoms with Gasteiger partial charge in [0.05, 0.1) is 5.56 Å². The van der Waals surface area contributed by atoms with Crippen LogP contribution in [-0.4, -0.2) is 12.7 Å². The van der Waals surface area contributed by atoms with Gasteiger partial charge in [0.2, 0.25) is 6.79 Å². The third-order valence-electron chi connectivity index (χ3n) is 3.52. The summed E-state index contributed by atoms with van der Waals surface area (Å²) in [5.74, 6) is 0.216. The fourth-order valence-electron chi connectivity index (χ4n) is 2.29. The Morgan fingerprint density at radius 2 is 1.92 bits per heavy atom. The number of halogens is 3. The summed E-state index contributed by atoms with van der Waals surface area (Å²) in [5, 5.41) is 11.5. The third kappa shape index (κ3) is 3.78. The number of rotatable bonds is 3. The van der Waals surface area contributed by atoms with Gasteiger partial charge in [-0.1, -0.05) is 12.1 Å². The van der Waals surface area contributed by atoms with Crippen molar-refractivity contribution in [2.24, 2.45) is 0 Å². The zero-order valence-corrected chi connectivity index (χ0v) is 13.1. The minimum absolute atomic E-state index is 0.0586. The Labute approximate surface area is 146 Å². The lowest BCUT2D eigenvalue weighted by Crippen LogP contribution is -2.14. The number of hydrogen-bond donors (Lipinski definition) is 1. The van der Waals surface area contributed by atoms with E-state index >= 15 is 0 Å². The number of amides is 1. The maximum atomic E-state index is 12.7. The molecular formula is C18H11F3N2O3. The predicted octanol–water partition coefficient (Wildman–Crippen LogP) is 3.98. The molecule has 132 valence electrons. The maximum Gasteiger partial charge on any atom is 0.416 e. The lowest BCUT2D eigenvalue weighted by molar-refractivity contribution is -0.137. The van der Waals surface area contributed by atoms with Gasteiger partial charge in [-0.3, -0.25) is 4.79 Å². The molecule has 1 aliphatic rings. The number of benzene rings is 2. The first-order chi connectivity index (χ1) is 12.4. The largest absolute Gasteiger partial charge is 0.454 e. The molecule has 0 atom stereocenters. The van der Waals surface area contributed by atoms with Gasteiger partial charge in [0, 0.05) is 5.69 Å². The first kappa shape index (κ1) is 17.4. The van der Waals surface area contributed by atoms with Crippen molar-refractivity contribution in [3.63, 3.8) is 0 Å². The molecule has 1 N–H and O–H groups in total. The van der Waals surface area contributed by atoms with Crippen molar-refractivity contribution in [1.82, 2.24) is 0 Å². The van der Waals surface area contributed by atoms with E-state index in [2.05, 4.69) is 5.32 Å². The summed E-state index contributed by atoms with van der Waals surface area (Å²) in [4.78, 5) is 12.2. The average molecular weight is 360 g/mol. The second-order valence-electron chi connectivity index (χ2n) is 5.32. The standard InChI is InChI=1S/C18H11F3N2O3/c19-18(20,21)13-2-1-3-14(8-13)23-17(24)12(9-22)6-11-4-5-15-16(7-11)26-10-25-15/h1-8H,10H2,(H,23,24)/b12-6-. The Hall–Kier alpha value is -3.47. The molecule has 8 heteroatoms. The summed E-state index contributed by atoms with van der Waals surface area (Å²) >= 11 is 0. The molecule has 0 saturated heterocycles. The zero-order valence-electron chi connectivity index (χ0n) is 13.1. The van der Waals surface area contributed by atoms with Crippen molar-refractivity contribution >= 4 is 17.7 Å². The van der Waals surface area contributed by atoms with Crippen LogP contribution in [0.2, 0.25) is 0 Å². The van der Waals surface area contributed by atoms with Crippen molar-refractivity contribution in [3.05, 3.63) is 59.2 Å². The van der Waals surface area contributed by atoms with Crippen LogP contribution in [-0.2, 0) is 11.0 Å². The van der Waals surface area contributed by atoms with Gasteiger partial charge in [-0.05, 0) is 42.0 Å². The van der Waals surface area contributed by atoms with Crippen LogP contribution in [0, 0.1) is 11.3 Å². The highest BCUT2D eigenvalue weighted by Crippen LogP contribution is 2.33. The van der Waals surface area contributed by atoms with Gasteiger partial charge in [0.25, 0.3) is 5.91 Å². The summed E-state index contributed by atoms with van der Waals surface area (Å²) in [7, 11) is 0. The molecule has 5 nitrogen and oxygen atoms in total. The Morgan fingerprint density at radius 1 is 1.15 bits per heavy atom. The molecule has 0 spiro atoms. The van der Waals surface area contributed by atoms with Crippen molar-refractivity contribution in [1.29, 1.82) is 5.26 Å². The van der Waals surface area contributed by atoms with Gasteiger partial charge >= 0.3 is 6.18 Å². The van der Waals surface area contributed by atoms with Gasteiger partial charge in [0.1, 0.15) is 11.6 Å². The first-order valence-electron chi connectivity index (χ1n) is 7.37. The van der Waals surface area contributed by atoms with Crippen LogP contribution in [0.3, 0.4) is 0 Å². The SMILES string of the molecule is N#C/C(=C/c1ccc2c(c1)OCO2)C(=O)Nc1cccc(C(F)(F)F)c1. The molecule has 1 heterocycles. The quantitative estimate of drug-likeness (QED) is 0.664. The van der Waals surface area contributed by atoms with E-state index in [1.54, 1.807) is 24.3 Å². The van der Waals surface area contributed by atoms with Gasteiger partial charge < -0.3 is 14.8 Å². The Kier molecular flexibility index (Phi) is 4.54.